The SMILES string of the molecule is CCc1ccccc1OCC(=O)N1CCN(C(=O)c2ccccc2Br)CC1. The van der Waals surface area contributed by atoms with E-state index in [4.69, 9.17) is 4.74 Å². The molecular formula is C21H23BrN2O3. The van der Waals surface area contributed by atoms with Gasteiger partial charge in [-0.3, -0.25) is 9.59 Å². The molecular weight excluding hydrogens is 408 g/mol. The van der Waals surface area contributed by atoms with E-state index >= 15 is 0 Å². The van der Waals surface area contributed by atoms with Crippen LogP contribution in [0.3, 0.4) is 0 Å². The average Bonchev–Trinajstić information content (AvgIpc) is 2.72. The molecule has 0 bridgehead atoms. The van der Waals surface area contributed by atoms with Crippen LogP contribution >= 0.6 is 15.9 Å². The van der Waals surface area contributed by atoms with Crippen LogP contribution in [-0.4, -0.2) is 54.4 Å². The molecule has 0 radical (unpaired) electrons. The maximum Gasteiger partial charge on any atom is 0.260 e. The van der Waals surface area contributed by atoms with E-state index in [-0.39, 0.29) is 18.4 Å². The van der Waals surface area contributed by atoms with Gasteiger partial charge in [0.25, 0.3) is 11.8 Å². The first-order chi connectivity index (χ1) is 13.1. The average molecular weight is 431 g/mol. The van der Waals surface area contributed by atoms with Crippen LogP contribution in [-0.2, 0) is 11.2 Å². The van der Waals surface area contributed by atoms with Gasteiger partial charge in [0.05, 0.1) is 5.56 Å². The number of aryl methyl sites for hydroxylation is 1. The Morgan fingerprint density at radius 2 is 1.59 bits per heavy atom. The maximum atomic E-state index is 12.6. The van der Waals surface area contributed by atoms with Crippen molar-refractivity contribution in [3.63, 3.8) is 0 Å². The summed E-state index contributed by atoms with van der Waals surface area (Å²) in [7, 11) is 0. The number of para-hydroxylation sites is 1. The summed E-state index contributed by atoms with van der Waals surface area (Å²) in [4.78, 5) is 28.7. The van der Waals surface area contributed by atoms with Crippen LogP contribution < -0.4 is 4.74 Å². The molecule has 0 N–H and O–H groups in total. The van der Waals surface area contributed by atoms with E-state index in [1.54, 1.807) is 9.80 Å². The van der Waals surface area contributed by atoms with Gasteiger partial charge in [0, 0.05) is 30.7 Å². The summed E-state index contributed by atoms with van der Waals surface area (Å²) >= 11 is 3.42. The highest BCUT2D eigenvalue weighted by Crippen LogP contribution is 2.20. The third-order valence-electron chi connectivity index (χ3n) is 4.73. The highest BCUT2D eigenvalue weighted by Gasteiger charge is 2.25. The van der Waals surface area contributed by atoms with Gasteiger partial charge in [0.15, 0.2) is 6.61 Å². The second-order valence-electron chi connectivity index (χ2n) is 6.40. The van der Waals surface area contributed by atoms with Gasteiger partial charge >= 0.3 is 0 Å². The first-order valence-corrected chi connectivity index (χ1v) is 9.91. The summed E-state index contributed by atoms with van der Waals surface area (Å²) in [6.45, 7) is 4.18. The van der Waals surface area contributed by atoms with Crippen LogP contribution in [0.5, 0.6) is 5.75 Å². The Hall–Kier alpha value is -2.34. The van der Waals surface area contributed by atoms with Crippen LogP contribution in [0.2, 0.25) is 0 Å². The van der Waals surface area contributed by atoms with Gasteiger partial charge < -0.3 is 14.5 Å². The van der Waals surface area contributed by atoms with E-state index in [9.17, 15) is 9.59 Å². The van der Waals surface area contributed by atoms with Crippen molar-refractivity contribution in [3.05, 3.63) is 64.1 Å². The molecule has 0 spiro atoms. The second kappa shape index (κ2) is 9.04. The summed E-state index contributed by atoms with van der Waals surface area (Å²) in [5, 5.41) is 0. The molecule has 6 heteroatoms. The van der Waals surface area contributed by atoms with Crippen LogP contribution in [0.15, 0.2) is 53.0 Å². The summed E-state index contributed by atoms with van der Waals surface area (Å²) in [6.07, 6.45) is 0.861. The zero-order valence-corrected chi connectivity index (χ0v) is 16.9. The number of hydrogen-bond acceptors (Lipinski definition) is 3. The van der Waals surface area contributed by atoms with E-state index in [1.165, 1.54) is 0 Å². The molecule has 1 fully saturated rings. The Morgan fingerprint density at radius 3 is 2.30 bits per heavy atom. The minimum atomic E-state index is -0.0473. The number of nitrogens with zero attached hydrogens (tertiary/aromatic N) is 2. The van der Waals surface area contributed by atoms with Gasteiger partial charge in [-0.15, -0.1) is 0 Å². The molecule has 5 nitrogen and oxygen atoms in total. The van der Waals surface area contributed by atoms with E-state index in [1.807, 2.05) is 48.5 Å². The smallest absolute Gasteiger partial charge is 0.260 e. The lowest BCUT2D eigenvalue weighted by atomic mass is 10.1. The Kier molecular flexibility index (Phi) is 6.50. The predicted octanol–water partition coefficient (Wildman–Crippen LogP) is 3.37. The number of rotatable bonds is 5. The van der Waals surface area contributed by atoms with Gasteiger partial charge in [-0.25, -0.2) is 0 Å². The van der Waals surface area contributed by atoms with Crippen LogP contribution in [0, 0.1) is 0 Å². The van der Waals surface area contributed by atoms with Crippen molar-refractivity contribution in [3.8, 4) is 5.75 Å². The number of amides is 2. The lowest BCUT2D eigenvalue weighted by Crippen LogP contribution is -2.51. The van der Waals surface area contributed by atoms with E-state index in [2.05, 4.69) is 22.9 Å². The molecule has 1 saturated heterocycles. The highest BCUT2D eigenvalue weighted by molar-refractivity contribution is 9.10. The number of benzene rings is 2. The summed E-state index contributed by atoms with van der Waals surface area (Å²) in [6, 6.07) is 15.2. The number of hydrogen-bond donors (Lipinski definition) is 0. The molecule has 2 aromatic carbocycles. The fourth-order valence-corrected chi connectivity index (χ4v) is 3.59. The van der Waals surface area contributed by atoms with Crippen LogP contribution in [0.1, 0.15) is 22.8 Å². The largest absolute Gasteiger partial charge is 0.483 e. The molecule has 2 amide bonds. The fraction of sp³-hybridized carbons (Fsp3) is 0.333. The molecule has 1 aliphatic rings. The number of carbonyl (C=O) groups is 2. The normalized spacial score (nSPS) is 14.1. The van der Waals surface area contributed by atoms with Crippen molar-refractivity contribution in [2.45, 2.75) is 13.3 Å². The molecule has 0 atom stereocenters. The van der Waals surface area contributed by atoms with Gasteiger partial charge in [0.1, 0.15) is 5.75 Å². The van der Waals surface area contributed by atoms with Crippen LogP contribution in [0.25, 0.3) is 0 Å². The third-order valence-corrected chi connectivity index (χ3v) is 5.42. The zero-order valence-electron chi connectivity index (χ0n) is 15.4. The Labute approximate surface area is 168 Å². The van der Waals surface area contributed by atoms with Crippen molar-refractivity contribution < 1.29 is 14.3 Å². The summed E-state index contributed by atoms with van der Waals surface area (Å²) in [5.74, 6) is 0.702. The number of carbonyl (C=O) groups excluding carboxylic acids is 2. The van der Waals surface area contributed by atoms with Gasteiger partial charge in [-0.2, -0.15) is 0 Å². The summed E-state index contributed by atoms with van der Waals surface area (Å²) < 4.78 is 6.51. The first-order valence-electron chi connectivity index (χ1n) is 9.12. The fourth-order valence-electron chi connectivity index (χ4n) is 3.13. The number of halogens is 1. The van der Waals surface area contributed by atoms with Crippen molar-refractivity contribution >= 4 is 27.7 Å². The zero-order chi connectivity index (χ0) is 19.2. The standard InChI is InChI=1S/C21H23BrN2O3/c1-2-16-7-3-6-10-19(16)27-15-20(25)23-11-13-24(14-12-23)21(26)17-8-4-5-9-18(17)22/h3-10H,2,11-15H2,1H3. The van der Waals surface area contributed by atoms with Crippen LogP contribution in [0.4, 0.5) is 0 Å². The van der Waals surface area contributed by atoms with E-state index < -0.39 is 0 Å². The molecule has 0 aromatic heterocycles. The van der Waals surface area contributed by atoms with Crippen molar-refractivity contribution in [2.24, 2.45) is 0 Å². The lowest BCUT2D eigenvalue weighted by molar-refractivity contribution is -0.134. The summed E-state index contributed by atoms with van der Waals surface area (Å²) in [5.41, 5.74) is 1.74. The van der Waals surface area contributed by atoms with Gasteiger partial charge in [0.2, 0.25) is 0 Å². The molecule has 3 rings (SSSR count). The molecule has 0 unspecified atom stereocenters. The van der Waals surface area contributed by atoms with E-state index in [0.29, 0.717) is 31.7 Å². The van der Waals surface area contributed by atoms with Crippen molar-refractivity contribution in [1.29, 1.82) is 0 Å². The predicted molar refractivity (Wildman–Crippen MR) is 108 cm³/mol. The van der Waals surface area contributed by atoms with E-state index in [0.717, 1.165) is 22.2 Å². The third kappa shape index (κ3) is 4.69. The monoisotopic (exact) mass is 430 g/mol. The van der Waals surface area contributed by atoms with Gasteiger partial charge in [-0.1, -0.05) is 37.3 Å². The molecule has 0 saturated carbocycles. The first kappa shape index (κ1) is 19.4. The minimum Gasteiger partial charge on any atom is -0.483 e. The topological polar surface area (TPSA) is 49.9 Å². The number of piperazine rings is 1. The lowest BCUT2D eigenvalue weighted by Gasteiger charge is -2.35. The molecule has 2 aromatic rings. The van der Waals surface area contributed by atoms with Crippen molar-refractivity contribution in [2.75, 3.05) is 32.8 Å². The van der Waals surface area contributed by atoms with Gasteiger partial charge in [-0.05, 0) is 46.1 Å². The quantitative estimate of drug-likeness (QED) is 0.730. The van der Waals surface area contributed by atoms with Crippen molar-refractivity contribution in [1.82, 2.24) is 9.80 Å². The maximum absolute atomic E-state index is 12.6. The molecule has 0 aliphatic carbocycles. The Balaban J connectivity index is 1.52. The minimum absolute atomic E-state index is 0.0114. The second-order valence-corrected chi connectivity index (χ2v) is 7.26. The Bertz CT molecular complexity index is 817. The number of ether oxygens (including phenoxy) is 1. The molecule has 27 heavy (non-hydrogen) atoms. The Morgan fingerprint density at radius 1 is 0.963 bits per heavy atom. The highest BCUT2D eigenvalue weighted by atomic mass is 79.9. The molecule has 1 aliphatic heterocycles. The molecule has 142 valence electrons. The molecule has 1 heterocycles.